The number of likely N-dealkylation sites (tertiary alicyclic amines) is 1. The topological polar surface area (TPSA) is 36.3 Å². The van der Waals surface area contributed by atoms with Gasteiger partial charge in [-0.2, -0.15) is 5.26 Å². The predicted octanol–water partition coefficient (Wildman–Crippen LogP) is 2.79. The highest BCUT2D eigenvalue weighted by atomic mass is 16.5. The van der Waals surface area contributed by atoms with Gasteiger partial charge in [0.25, 0.3) is 0 Å². The molecule has 1 heterocycles. The zero-order chi connectivity index (χ0) is 13.0. The van der Waals surface area contributed by atoms with Crippen LogP contribution >= 0.6 is 0 Å². The van der Waals surface area contributed by atoms with E-state index < -0.39 is 0 Å². The molecule has 0 aromatic heterocycles. The number of hydrogen-bond donors (Lipinski definition) is 0. The van der Waals surface area contributed by atoms with Gasteiger partial charge >= 0.3 is 0 Å². The highest BCUT2D eigenvalue weighted by Gasteiger charge is 2.24. The molecule has 2 rings (SSSR count). The number of hydrogen-bond acceptors (Lipinski definition) is 3. The molecule has 1 aromatic carbocycles. The van der Waals surface area contributed by atoms with Gasteiger partial charge in [-0.1, -0.05) is 12.1 Å². The third-order valence-corrected chi connectivity index (χ3v) is 3.77. The van der Waals surface area contributed by atoms with Crippen LogP contribution in [0.3, 0.4) is 0 Å². The molecule has 0 amide bonds. The summed E-state index contributed by atoms with van der Waals surface area (Å²) in [4.78, 5) is 2.28. The van der Waals surface area contributed by atoms with Crippen molar-refractivity contribution >= 4 is 0 Å². The summed E-state index contributed by atoms with van der Waals surface area (Å²) in [6, 6.07) is 10.7. The van der Waals surface area contributed by atoms with Crippen molar-refractivity contribution in [3.63, 3.8) is 0 Å². The van der Waals surface area contributed by atoms with E-state index >= 15 is 0 Å². The second-order valence-electron chi connectivity index (χ2n) is 4.91. The van der Waals surface area contributed by atoms with Gasteiger partial charge in [0.2, 0.25) is 0 Å². The quantitative estimate of drug-likeness (QED) is 0.820. The second-order valence-corrected chi connectivity index (χ2v) is 4.91. The lowest BCUT2D eigenvalue weighted by atomic mass is 9.90. The van der Waals surface area contributed by atoms with Gasteiger partial charge in [-0.25, -0.2) is 0 Å². The van der Waals surface area contributed by atoms with Crippen LogP contribution in [0.2, 0.25) is 0 Å². The molecule has 1 fully saturated rings. The van der Waals surface area contributed by atoms with Gasteiger partial charge in [-0.15, -0.1) is 0 Å². The molecule has 0 saturated carbocycles. The maximum absolute atomic E-state index is 9.00. The average molecular weight is 244 g/mol. The Morgan fingerprint density at radius 1 is 1.39 bits per heavy atom. The standard InChI is InChI=1S/C15H20N2O/c1-12(10-16)17-9-3-4-14(11-17)13-5-7-15(18-2)8-6-13/h5-8,12,14H,3-4,9,11H2,1-2H3. The van der Waals surface area contributed by atoms with Gasteiger partial charge in [-0.3, -0.25) is 4.90 Å². The second kappa shape index (κ2) is 5.88. The van der Waals surface area contributed by atoms with Gasteiger partial charge in [-0.05, 0) is 49.9 Å². The van der Waals surface area contributed by atoms with E-state index in [1.807, 2.05) is 19.1 Å². The summed E-state index contributed by atoms with van der Waals surface area (Å²) in [5, 5.41) is 9.00. The van der Waals surface area contributed by atoms with Crippen LogP contribution in [0.25, 0.3) is 0 Å². The Morgan fingerprint density at radius 2 is 2.11 bits per heavy atom. The number of rotatable bonds is 3. The summed E-state index contributed by atoms with van der Waals surface area (Å²) in [7, 11) is 1.69. The molecule has 0 bridgehead atoms. The Labute approximate surface area is 109 Å². The van der Waals surface area contributed by atoms with E-state index in [2.05, 4.69) is 23.1 Å². The molecule has 0 radical (unpaired) electrons. The molecule has 0 spiro atoms. The van der Waals surface area contributed by atoms with Gasteiger partial charge in [0.05, 0.1) is 19.2 Å². The molecule has 0 aliphatic carbocycles. The fraction of sp³-hybridized carbons (Fsp3) is 0.533. The first-order valence-corrected chi connectivity index (χ1v) is 6.52. The van der Waals surface area contributed by atoms with Crippen molar-refractivity contribution in [2.24, 2.45) is 0 Å². The minimum atomic E-state index is 0.0195. The molecule has 2 unspecified atom stereocenters. The lowest BCUT2D eigenvalue weighted by molar-refractivity contribution is 0.186. The zero-order valence-electron chi connectivity index (χ0n) is 11.1. The first-order chi connectivity index (χ1) is 8.74. The molecule has 1 aliphatic rings. The molecule has 96 valence electrons. The van der Waals surface area contributed by atoms with Crippen molar-refractivity contribution in [3.05, 3.63) is 29.8 Å². The summed E-state index contributed by atoms with van der Waals surface area (Å²) in [6.45, 7) is 4.01. The molecule has 1 aliphatic heterocycles. The van der Waals surface area contributed by atoms with E-state index in [9.17, 15) is 0 Å². The van der Waals surface area contributed by atoms with Crippen LogP contribution in [0.4, 0.5) is 0 Å². The smallest absolute Gasteiger partial charge is 0.118 e. The Balaban J connectivity index is 2.06. The van der Waals surface area contributed by atoms with E-state index in [-0.39, 0.29) is 6.04 Å². The molecular weight excluding hydrogens is 224 g/mol. The lowest BCUT2D eigenvalue weighted by Gasteiger charge is -2.34. The van der Waals surface area contributed by atoms with Crippen LogP contribution in [0.15, 0.2) is 24.3 Å². The molecule has 3 nitrogen and oxygen atoms in total. The first-order valence-electron chi connectivity index (χ1n) is 6.52. The van der Waals surface area contributed by atoms with Gasteiger partial charge < -0.3 is 4.74 Å². The van der Waals surface area contributed by atoms with Crippen molar-refractivity contribution < 1.29 is 4.74 Å². The Morgan fingerprint density at radius 3 is 2.72 bits per heavy atom. The van der Waals surface area contributed by atoms with Crippen molar-refractivity contribution in [1.82, 2.24) is 4.90 Å². The van der Waals surface area contributed by atoms with Crippen LogP contribution in [-0.2, 0) is 0 Å². The van der Waals surface area contributed by atoms with E-state index in [0.717, 1.165) is 18.8 Å². The average Bonchev–Trinajstić information content (AvgIpc) is 2.46. The van der Waals surface area contributed by atoms with Gasteiger partial charge in [0.15, 0.2) is 0 Å². The number of benzene rings is 1. The Kier molecular flexibility index (Phi) is 4.22. The van der Waals surface area contributed by atoms with E-state index in [0.29, 0.717) is 5.92 Å². The van der Waals surface area contributed by atoms with Crippen molar-refractivity contribution in [2.75, 3.05) is 20.2 Å². The molecule has 0 N–H and O–H groups in total. The normalized spacial score (nSPS) is 22.2. The number of nitriles is 1. The summed E-state index contributed by atoms with van der Waals surface area (Å²) in [5.41, 5.74) is 1.35. The van der Waals surface area contributed by atoms with Crippen molar-refractivity contribution in [1.29, 1.82) is 5.26 Å². The number of ether oxygens (including phenoxy) is 1. The fourth-order valence-electron chi connectivity index (χ4n) is 2.59. The third kappa shape index (κ3) is 2.83. The molecular formula is C15H20N2O. The monoisotopic (exact) mass is 244 g/mol. The molecule has 1 aromatic rings. The number of methoxy groups -OCH3 is 1. The van der Waals surface area contributed by atoms with Crippen molar-refractivity contribution in [3.8, 4) is 11.8 Å². The minimum Gasteiger partial charge on any atom is -0.497 e. The maximum Gasteiger partial charge on any atom is 0.118 e. The van der Waals surface area contributed by atoms with E-state index in [1.54, 1.807) is 7.11 Å². The SMILES string of the molecule is COc1ccc(C2CCCN(C(C)C#N)C2)cc1. The molecule has 1 saturated heterocycles. The fourth-order valence-corrected chi connectivity index (χ4v) is 2.59. The van der Waals surface area contributed by atoms with Gasteiger partial charge in [0.1, 0.15) is 5.75 Å². The lowest BCUT2D eigenvalue weighted by Crippen LogP contribution is -2.39. The summed E-state index contributed by atoms with van der Waals surface area (Å²) < 4.78 is 5.18. The van der Waals surface area contributed by atoms with Crippen LogP contribution in [0.5, 0.6) is 5.75 Å². The van der Waals surface area contributed by atoms with Crippen LogP contribution in [0, 0.1) is 11.3 Å². The molecule has 3 heteroatoms. The van der Waals surface area contributed by atoms with Crippen LogP contribution in [-0.4, -0.2) is 31.1 Å². The predicted molar refractivity (Wildman–Crippen MR) is 71.6 cm³/mol. The Bertz CT molecular complexity index is 421. The van der Waals surface area contributed by atoms with Crippen LogP contribution in [0.1, 0.15) is 31.2 Å². The van der Waals surface area contributed by atoms with E-state index in [1.165, 1.54) is 18.4 Å². The highest BCUT2D eigenvalue weighted by Crippen LogP contribution is 2.28. The van der Waals surface area contributed by atoms with Crippen LogP contribution < -0.4 is 4.74 Å². The highest BCUT2D eigenvalue weighted by molar-refractivity contribution is 5.29. The number of nitrogens with zero attached hydrogens (tertiary/aromatic N) is 2. The van der Waals surface area contributed by atoms with E-state index in [4.69, 9.17) is 10.00 Å². The molecule has 2 atom stereocenters. The van der Waals surface area contributed by atoms with Crippen molar-refractivity contribution in [2.45, 2.75) is 31.7 Å². The molecule has 18 heavy (non-hydrogen) atoms. The summed E-state index contributed by atoms with van der Waals surface area (Å²) in [5.74, 6) is 1.44. The first kappa shape index (κ1) is 12.9. The zero-order valence-corrected chi connectivity index (χ0v) is 11.1. The maximum atomic E-state index is 9.00. The largest absolute Gasteiger partial charge is 0.497 e. The van der Waals surface area contributed by atoms with Gasteiger partial charge in [0, 0.05) is 6.54 Å². The third-order valence-electron chi connectivity index (χ3n) is 3.77. The number of piperidine rings is 1. The summed E-state index contributed by atoms with van der Waals surface area (Å²) in [6.07, 6.45) is 2.38. The summed E-state index contributed by atoms with van der Waals surface area (Å²) >= 11 is 0. The Hall–Kier alpha value is -1.53. The minimum absolute atomic E-state index is 0.0195.